The average Bonchev–Trinajstić information content (AvgIpc) is 3.26. The summed E-state index contributed by atoms with van der Waals surface area (Å²) in [6, 6.07) is 5.81. The normalized spacial score (nSPS) is 11.0. The summed E-state index contributed by atoms with van der Waals surface area (Å²) in [4.78, 5) is 45.6. The van der Waals surface area contributed by atoms with Gasteiger partial charge in [0, 0.05) is 31.5 Å². The zero-order valence-corrected chi connectivity index (χ0v) is 18.8. The number of rotatable bonds is 10. The van der Waals surface area contributed by atoms with Gasteiger partial charge in [-0.25, -0.2) is 14.2 Å². The van der Waals surface area contributed by atoms with E-state index in [0.717, 1.165) is 6.42 Å². The molecule has 10 heteroatoms. The number of hydrogen-bond acceptors (Lipinski definition) is 6. The van der Waals surface area contributed by atoms with Crippen molar-refractivity contribution < 1.29 is 13.6 Å². The minimum absolute atomic E-state index is 0.0131. The lowest BCUT2D eigenvalue weighted by Crippen LogP contribution is -2.41. The fourth-order valence-corrected chi connectivity index (χ4v) is 3.48. The predicted octanol–water partition coefficient (Wildman–Crippen LogP) is 3.09. The number of hydrogen-bond donors (Lipinski definition) is 2. The highest BCUT2D eigenvalue weighted by molar-refractivity contribution is 5.95. The zero-order valence-electron chi connectivity index (χ0n) is 18.8. The monoisotopic (exact) mass is 457 g/mol. The number of aromatic nitrogens is 3. The van der Waals surface area contributed by atoms with Gasteiger partial charge in [-0.1, -0.05) is 20.3 Å². The first kappa shape index (κ1) is 24.0. The molecule has 0 aliphatic carbocycles. The molecule has 2 aromatic heterocycles. The van der Waals surface area contributed by atoms with Gasteiger partial charge in [0.05, 0.1) is 6.20 Å². The number of nitrogens with zero attached hydrogens (tertiary/aromatic N) is 3. The number of nitrogens with two attached hydrogens (primary N) is 1. The highest BCUT2D eigenvalue weighted by Gasteiger charge is 2.24. The second-order valence-corrected chi connectivity index (χ2v) is 7.67. The van der Waals surface area contributed by atoms with Gasteiger partial charge in [-0.05, 0) is 37.1 Å². The number of carbonyl (C=O) groups excluding carboxylic acids is 1. The van der Waals surface area contributed by atoms with E-state index in [0.29, 0.717) is 43.1 Å². The lowest BCUT2D eigenvalue weighted by molar-refractivity contribution is -0.118. The molecule has 1 aromatic carbocycles. The number of anilines is 2. The van der Waals surface area contributed by atoms with Gasteiger partial charge in [-0.15, -0.1) is 0 Å². The number of halogens is 1. The summed E-state index contributed by atoms with van der Waals surface area (Å²) < 4.78 is 20.1. The summed E-state index contributed by atoms with van der Waals surface area (Å²) in [6.45, 7) is 4.47. The van der Waals surface area contributed by atoms with Crippen LogP contribution < -0.4 is 21.9 Å². The van der Waals surface area contributed by atoms with Gasteiger partial charge in [0.25, 0.3) is 5.56 Å². The smallest absolute Gasteiger partial charge is 0.330 e. The van der Waals surface area contributed by atoms with Crippen LogP contribution in [0.3, 0.4) is 0 Å². The molecule has 0 fully saturated rings. The number of unbranched alkanes of at least 4 members (excludes halogenated alkanes) is 1. The van der Waals surface area contributed by atoms with Crippen molar-refractivity contribution >= 4 is 17.4 Å². The Hall–Kier alpha value is -3.69. The molecular formula is C23H28FN5O4. The minimum atomic E-state index is -0.691. The Morgan fingerprint density at radius 3 is 2.61 bits per heavy atom. The van der Waals surface area contributed by atoms with Crippen LogP contribution in [0, 0.1) is 5.82 Å². The van der Waals surface area contributed by atoms with E-state index in [1.54, 1.807) is 12.1 Å². The third kappa shape index (κ3) is 5.57. The van der Waals surface area contributed by atoms with Crippen LogP contribution >= 0.6 is 0 Å². The Labute approximate surface area is 190 Å². The zero-order chi connectivity index (χ0) is 24.0. The van der Waals surface area contributed by atoms with Crippen molar-refractivity contribution in [2.75, 3.05) is 17.2 Å². The molecule has 1 amide bonds. The van der Waals surface area contributed by atoms with E-state index in [2.05, 4.69) is 9.97 Å². The fraction of sp³-hybridized carbons (Fsp3) is 0.391. The molecule has 0 aliphatic heterocycles. The van der Waals surface area contributed by atoms with Crippen LogP contribution in [0.2, 0.25) is 0 Å². The summed E-state index contributed by atoms with van der Waals surface area (Å²) >= 11 is 0. The summed E-state index contributed by atoms with van der Waals surface area (Å²) in [7, 11) is 0. The molecule has 0 atom stereocenters. The van der Waals surface area contributed by atoms with Gasteiger partial charge >= 0.3 is 5.69 Å². The van der Waals surface area contributed by atoms with Crippen molar-refractivity contribution in [1.29, 1.82) is 0 Å². The number of nitrogens with one attached hydrogen (secondary N) is 1. The molecule has 9 nitrogen and oxygen atoms in total. The third-order valence-corrected chi connectivity index (χ3v) is 5.20. The van der Waals surface area contributed by atoms with Crippen molar-refractivity contribution in [3.63, 3.8) is 0 Å². The number of nitrogen functional groups attached to an aromatic ring is 1. The maximum atomic E-state index is 13.1. The van der Waals surface area contributed by atoms with Crippen LogP contribution in [0.5, 0.6) is 0 Å². The summed E-state index contributed by atoms with van der Waals surface area (Å²) in [5.74, 6) is 0.105. The Morgan fingerprint density at radius 1 is 1.21 bits per heavy atom. The van der Waals surface area contributed by atoms with Crippen LogP contribution in [0.25, 0.3) is 11.3 Å². The maximum Gasteiger partial charge on any atom is 0.330 e. The molecule has 0 aliphatic rings. The van der Waals surface area contributed by atoms with Gasteiger partial charge in [0.2, 0.25) is 5.91 Å². The average molecular weight is 458 g/mol. The lowest BCUT2D eigenvalue weighted by atomic mass is 10.2. The van der Waals surface area contributed by atoms with E-state index in [4.69, 9.17) is 10.2 Å². The number of aromatic amines is 1. The molecule has 0 spiro atoms. The first-order valence-corrected chi connectivity index (χ1v) is 11.0. The molecule has 3 rings (SSSR count). The molecular weight excluding hydrogens is 429 g/mol. The molecule has 2 heterocycles. The Morgan fingerprint density at radius 2 is 1.94 bits per heavy atom. The number of H-pyrrole nitrogens is 1. The maximum absolute atomic E-state index is 13.1. The Balaban J connectivity index is 1.81. The SMILES string of the molecule is CCCCN(C(=O)CCc1ncc(-c2ccc(F)cc2)o1)c1c(N)n(CCC)c(=O)[nH]c1=O. The minimum Gasteiger partial charge on any atom is -0.441 e. The number of carbonyl (C=O) groups is 1. The van der Waals surface area contributed by atoms with Crippen molar-refractivity contribution in [3.05, 3.63) is 63.0 Å². The summed E-state index contributed by atoms with van der Waals surface area (Å²) in [6.07, 6.45) is 3.85. The fourth-order valence-electron chi connectivity index (χ4n) is 3.48. The van der Waals surface area contributed by atoms with E-state index in [1.807, 2.05) is 13.8 Å². The Kier molecular flexibility index (Phi) is 7.81. The van der Waals surface area contributed by atoms with Gasteiger partial charge in [0.1, 0.15) is 11.6 Å². The topological polar surface area (TPSA) is 127 Å². The van der Waals surface area contributed by atoms with E-state index < -0.39 is 11.2 Å². The summed E-state index contributed by atoms with van der Waals surface area (Å²) in [5, 5.41) is 0. The molecule has 33 heavy (non-hydrogen) atoms. The third-order valence-electron chi connectivity index (χ3n) is 5.20. The lowest BCUT2D eigenvalue weighted by Gasteiger charge is -2.24. The van der Waals surface area contributed by atoms with Crippen molar-refractivity contribution in [2.45, 2.75) is 52.5 Å². The predicted molar refractivity (Wildman–Crippen MR) is 124 cm³/mol. The van der Waals surface area contributed by atoms with E-state index >= 15 is 0 Å². The first-order valence-electron chi connectivity index (χ1n) is 11.0. The quantitative estimate of drug-likeness (QED) is 0.482. The molecule has 3 aromatic rings. The number of aryl methyl sites for hydroxylation is 1. The van der Waals surface area contributed by atoms with Crippen molar-refractivity contribution in [3.8, 4) is 11.3 Å². The number of oxazole rings is 1. The van der Waals surface area contributed by atoms with Crippen molar-refractivity contribution in [2.24, 2.45) is 0 Å². The van der Waals surface area contributed by atoms with Crippen molar-refractivity contribution in [1.82, 2.24) is 14.5 Å². The van der Waals surface area contributed by atoms with Crippen LogP contribution in [-0.2, 0) is 17.8 Å². The molecule has 0 bridgehead atoms. The van der Waals surface area contributed by atoms with Crippen LogP contribution in [-0.4, -0.2) is 27.0 Å². The second-order valence-electron chi connectivity index (χ2n) is 7.67. The molecule has 0 saturated heterocycles. The van der Waals surface area contributed by atoms with E-state index in [-0.39, 0.29) is 36.1 Å². The summed E-state index contributed by atoms with van der Waals surface area (Å²) in [5.41, 5.74) is 5.53. The standard InChI is InChI=1S/C23H28FN5O4/c1-3-5-13-28(20-21(25)29(12-4-2)23(32)27-22(20)31)19(30)11-10-18-26-14-17(33-18)15-6-8-16(24)9-7-15/h6-9,14H,3-5,10-13,25H2,1-2H3,(H,27,31,32). The van der Waals surface area contributed by atoms with E-state index in [1.165, 1.54) is 27.8 Å². The molecule has 3 N–H and O–H groups in total. The van der Waals surface area contributed by atoms with Gasteiger partial charge in [0.15, 0.2) is 17.3 Å². The van der Waals surface area contributed by atoms with Crippen LogP contribution in [0.4, 0.5) is 15.9 Å². The van der Waals surface area contributed by atoms with Gasteiger partial charge < -0.3 is 15.1 Å². The highest BCUT2D eigenvalue weighted by Crippen LogP contribution is 2.22. The largest absolute Gasteiger partial charge is 0.441 e. The van der Waals surface area contributed by atoms with Crippen LogP contribution in [0.15, 0.2) is 44.5 Å². The molecule has 0 unspecified atom stereocenters. The van der Waals surface area contributed by atoms with Gasteiger partial charge in [-0.3, -0.25) is 19.1 Å². The molecule has 0 radical (unpaired) electrons. The van der Waals surface area contributed by atoms with Crippen LogP contribution in [0.1, 0.15) is 45.4 Å². The van der Waals surface area contributed by atoms with Gasteiger partial charge in [-0.2, -0.15) is 0 Å². The highest BCUT2D eigenvalue weighted by atomic mass is 19.1. The molecule has 0 saturated carbocycles. The number of amides is 1. The molecule has 176 valence electrons. The Bertz CT molecular complexity index is 1210. The number of benzene rings is 1. The first-order chi connectivity index (χ1) is 15.8. The van der Waals surface area contributed by atoms with E-state index in [9.17, 15) is 18.8 Å². The second kappa shape index (κ2) is 10.8.